The van der Waals surface area contributed by atoms with Crippen molar-refractivity contribution in [3.8, 4) is 0 Å². The fourth-order valence-electron chi connectivity index (χ4n) is 2.69. The maximum atomic E-state index is 12.7. The van der Waals surface area contributed by atoms with E-state index in [0.717, 1.165) is 16.7 Å². The summed E-state index contributed by atoms with van der Waals surface area (Å²) in [4.78, 5) is 26.4. The maximum Gasteiger partial charge on any atom is 0.410 e. The van der Waals surface area contributed by atoms with E-state index in [0.29, 0.717) is 19.5 Å². The zero-order valence-electron chi connectivity index (χ0n) is 14.1. The van der Waals surface area contributed by atoms with Crippen molar-refractivity contribution >= 4 is 11.9 Å². The number of benzene rings is 1. The van der Waals surface area contributed by atoms with E-state index >= 15 is 0 Å². The molecule has 4 nitrogen and oxygen atoms in total. The monoisotopic (exact) mass is 303 g/mol. The number of ketones is 1. The number of amides is 1. The van der Waals surface area contributed by atoms with Crippen LogP contribution in [0.1, 0.15) is 48.7 Å². The van der Waals surface area contributed by atoms with Crippen molar-refractivity contribution in [2.24, 2.45) is 5.92 Å². The van der Waals surface area contributed by atoms with Gasteiger partial charge in [0.25, 0.3) is 0 Å². The van der Waals surface area contributed by atoms with Crippen molar-refractivity contribution in [1.29, 1.82) is 0 Å². The van der Waals surface area contributed by atoms with E-state index in [1.54, 1.807) is 4.90 Å². The predicted molar refractivity (Wildman–Crippen MR) is 86.2 cm³/mol. The fraction of sp³-hybridized carbons (Fsp3) is 0.556. The molecule has 1 atom stereocenters. The van der Waals surface area contributed by atoms with Gasteiger partial charge in [0, 0.05) is 24.6 Å². The van der Waals surface area contributed by atoms with E-state index in [9.17, 15) is 9.59 Å². The Balaban J connectivity index is 2.05. The molecule has 0 N–H and O–H groups in total. The number of ether oxygens (including phenoxy) is 1. The molecule has 1 amide bonds. The molecule has 0 saturated carbocycles. The van der Waals surface area contributed by atoms with Crippen LogP contribution >= 0.6 is 0 Å². The van der Waals surface area contributed by atoms with E-state index in [1.165, 1.54) is 0 Å². The number of rotatable bonds is 2. The lowest BCUT2D eigenvalue weighted by molar-refractivity contribution is 0.0289. The van der Waals surface area contributed by atoms with Crippen molar-refractivity contribution in [2.45, 2.75) is 46.6 Å². The lowest BCUT2D eigenvalue weighted by Crippen LogP contribution is -2.35. The van der Waals surface area contributed by atoms with Crippen molar-refractivity contribution in [1.82, 2.24) is 4.90 Å². The molecule has 0 spiro atoms. The molecule has 0 bridgehead atoms. The van der Waals surface area contributed by atoms with Crippen LogP contribution in [0.25, 0.3) is 0 Å². The molecule has 1 fully saturated rings. The summed E-state index contributed by atoms with van der Waals surface area (Å²) in [7, 11) is 0. The third kappa shape index (κ3) is 3.87. The highest BCUT2D eigenvalue weighted by molar-refractivity contribution is 5.99. The Morgan fingerprint density at radius 3 is 2.55 bits per heavy atom. The van der Waals surface area contributed by atoms with Gasteiger partial charge in [-0.1, -0.05) is 17.7 Å². The lowest BCUT2D eigenvalue weighted by Gasteiger charge is -2.24. The molecule has 1 heterocycles. The maximum absolute atomic E-state index is 12.7. The van der Waals surface area contributed by atoms with Crippen LogP contribution < -0.4 is 0 Å². The van der Waals surface area contributed by atoms with Gasteiger partial charge in [0.2, 0.25) is 0 Å². The summed E-state index contributed by atoms with van der Waals surface area (Å²) in [5.74, 6) is 0.000257. The fourth-order valence-corrected chi connectivity index (χ4v) is 2.69. The van der Waals surface area contributed by atoms with Crippen LogP contribution in [0.4, 0.5) is 4.79 Å². The highest BCUT2D eigenvalue weighted by atomic mass is 16.6. The normalized spacial score (nSPS) is 18.4. The summed E-state index contributed by atoms with van der Waals surface area (Å²) in [6.45, 7) is 10.5. The molecule has 0 aromatic heterocycles. The summed E-state index contributed by atoms with van der Waals surface area (Å²) < 4.78 is 5.37. The molecule has 1 aliphatic rings. The molecule has 1 saturated heterocycles. The first-order chi connectivity index (χ1) is 10.2. The zero-order chi connectivity index (χ0) is 16.5. The second-order valence-electron chi connectivity index (χ2n) is 7.09. The van der Waals surface area contributed by atoms with Crippen LogP contribution in [-0.2, 0) is 4.74 Å². The van der Waals surface area contributed by atoms with E-state index in [2.05, 4.69) is 0 Å². The van der Waals surface area contributed by atoms with Gasteiger partial charge < -0.3 is 9.64 Å². The average molecular weight is 303 g/mol. The topological polar surface area (TPSA) is 46.6 Å². The Morgan fingerprint density at radius 2 is 1.91 bits per heavy atom. The van der Waals surface area contributed by atoms with Crippen LogP contribution in [0.2, 0.25) is 0 Å². The summed E-state index contributed by atoms with van der Waals surface area (Å²) in [6, 6.07) is 5.92. The first-order valence-electron chi connectivity index (χ1n) is 7.77. The number of Topliss-reactive ketones (excluding diaryl/α,β-unsaturated/α-hetero) is 1. The molecule has 120 valence electrons. The van der Waals surface area contributed by atoms with Gasteiger partial charge in [-0.3, -0.25) is 4.79 Å². The Kier molecular flexibility index (Phi) is 4.59. The number of carbonyl (C=O) groups is 2. The number of carbonyl (C=O) groups excluding carboxylic acids is 2. The van der Waals surface area contributed by atoms with Crippen molar-refractivity contribution in [2.75, 3.05) is 13.1 Å². The van der Waals surface area contributed by atoms with E-state index in [-0.39, 0.29) is 17.8 Å². The van der Waals surface area contributed by atoms with Gasteiger partial charge in [-0.2, -0.15) is 0 Å². The Labute approximate surface area is 132 Å². The van der Waals surface area contributed by atoms with Crippen molar-refractivity contribution < 1.29 is 14.3 Å². The largest absolute Gasteiger partial charge is 0.444 e. The molecular weight excluding hydrogens is 278 g/mol. The van der Waals surface area contributed by atoms with Crippen molar-refractivity contribution in [3.63, 3.8) is 0 Å². The molecule has 0 aliphatic carbocycles. The van der Waals surface area contributed by atoms with Gasteiger partial charge in [-0.25, -0.2) is 4.79 Å². The SMILES string of the molecule is Cc1ccc(C)c(C(=O)C2CCN(C(=O)OC(C)(C)C)C2)c1. The van der Waals surface area contributed by atoms with Gasteiger partial charge in [0.05, 0.1) is 0 Å². The molecule has 0 radical (unpaired) electrons. The number of likely N-dealkylation sites (tertiary alicyclic amines) is 1. The summed E-state index contributed by atoms with van der Waals surface area (Å²) in [6.07, 6.45) is 0.370. The van der Waals surface area contributed by atoms with E-state index in [4.69, 9.17) is 4.74 Å². The molecular formula is C18H25NO3. The zero-order valence-corrected chi connectivity index (χ0v) is 14.1. The predicted octanol–water partition coefficient (Wildman–Crippen LogP) is 3.74. The summed E-state index contributed by atoms with van der Waals surface area (Å²) in [5, 5.41) is 0. The number of hydrogen-bond acceptors (Lipinski definition) is 3. The van der Waals surface area contributed by atoms with Crippen molar-refractivity contribution in [3.05, 3.63) is 34.9 Å². The number of nitrogens with zero attached hydrogens (tertiary/aromatic N) is 1. The minimum absolute atomic E-state index is 0.131. The molecule has 4 heteroatoms. The molecule has 1 unspecified atom stereocenters. The van der Waals surface area contributed by atoms with Gasteiger partial charge >= 0.3 is 6.09 Å². The second kappa shape index (κ2) is 6.11. The smallest absolute Gasteiger partial charge is 0.410 e. The van der Waals surface area contributed by atoms with Crippen LogP contribution in [0.5, 0.6) is 0 Å². The van der Waals surface area contributed by atoms with Gasteiger partial charge in [-0.15, -0.1) is 0 Å². The molecule has 1 aromatic carbocycles. The first kappa shape index (κ1) is 16.5. The Morgan fingerprint density at radius 1 is 1.23 bits per heavy atom. The highest BCUT2D eigenvalue weighted by Crippen LogP contribution is 2.24. The lowest BCUT2D eigenvalue weighted by atomic mass is 9.93. The van der Waals surface area contributed by atoms with Gasteiger partial charge in [0.15, 0.2) is 5.78 Å². The quantitative estimate of drug-likeness (QED) is 0.782. The van der Waals surface area contributed by atoms with Crippen LogP contribution in [0.15, 0.2) is 18.2 Å². The Hall–Kier alpha value is -1.84. The standard InChI is InChI=1S/C18H25NO3/c1-12-6-7-13(2)15(10-12)16(20)14-8-9-19(11-14)17(21)22-18(3,4)5/h6-7,10,14H,8-9,11H2,1-5H3. The van der Waals surface area contributed by atoms with Gasteiger partial charge in [-0.05, 0) is 52.7 Å². The third-order valence-electron chi connectivity index (χ3n) is 3.87. The van der Waals surface area contributed by atoms with E-state index < -0.39 is 5.60 Å². The molecule has 22 heavy (non-hydrogen) atoms. The average Bonchev–Trinajstić information content (AvgIpc) is 2.88. The third-order valence-corrected chi connectivity index (χ3v) is 3.87. The highest BCUT2D eigenvalue weighted by Gasteiger charge is 2.34. The molecule has 1 aromatic rings. The van der Waals surface area contributed by atoms with Crippen LogP contribution in [0, 0.1) is 19.8 Å². The second-order valence-corrected chi connectivity index (χ2v) is 7.09. The van der Waals surface area contributed by atoms with Crippen LogP contribution in [-0.4, -0.2) is 35.5 Å². The minimum atomic E-state index is -0.508. The van der Waals surface area contributed by atoms with Gasteiger partial charge in [0.1, 0.15) is 5.60 Å². The Bertz CT molecular complexity index is 586. The first-order valence-corrected chi connectivity index (χ1v) is 7.77. The van der Waals surface area contributed by atoms with Crippen LogP contribution in [0.3, 0.4) is 0 Å². The summed E-state index contributed by atoms with van der Waals surface area (Å²) in [5.41, 5.74) is 2.34. The number of hydrogen-bond donors (Lipinski definition) is 0. The molecule has 2 rings (SSSR count). The minimum Gasteiger partial charge on any atom is -0.444 e. The number of aryl methyl sites for hydroxylation is 2. The molecule has 1 aliphatic heterocycles. The summed E-state index contributed by atoms with van der Waals surface area (Å²) >= 11 is 0. The van der Waals surface area contributed by atoms with E-state index in [1.807, 2.05) is 52.8 Å².